The molecule has 266 valence electrons. The molecule has 1 heterocycles. The maximum absolute atomic E-state index is 5.22. The summed E-state index contributed by atoms with van der Waals surface area (Å²) in [6.45, 7) is 0. The normalized spacial score (nSPS) is 12.7. The lowest BCUT2D eigenvalue weighted by Crippen LogP contribution is -2.28. The van der Waals surface area contributed by atoms with Gasteiger partial charge < -0.3 is 0 Å². The van der Waals surface area contributed by atoms with Gasteiger partial charge in [0.2, 0.25) is 0 Å². The van der Waals surface area contributed by atoms with Gasteiger partial charge >= 0.3 is 0 Å². The number of rotatable bonds is 6. The molecule has 0 fully saturated rings. The van der Waals surface area contributed by atoms with Crippen molar-refractivity contribution in [3.05, 3.63) is 241 Å². The predicted octanol–water partition coefficient (Wildman–Crippen LogP) is 13.8. The molecular weight excluding hydrogens is 689 g/mol. The largest absolute Gasteiger partial charge is 0.228 e. The standard InChI is InChI=1S/C55H36N2/c1-5-18-38(19-6-1)51-36-52(57-54(56-51)39-20-7-2-8-21-39)48-34-33-43(45-27-15-16-28-46(45)48)40-30-31-47-49-32-29-37-17-13-14-26-44(37)53(49)55(50(47)35-40,41-22-9-3-10-23-41)42-24-11-4-12-25-42/h1-36H. The van der Waals surface area contributed by atoms with Gasteiger partial charge in [0.05, 0.1) is 16.8 Å². The van der Waals surface area contributed by atoms with E-state index in [4.69, 9.17) is 9.97 Å². The molecule has 1 aliphatic carbocycles. The predicted molar refractivity (Wildman–Crippen MR) is 236 cm³/mol. The molecule has 0 unspecified atom stereocenters. The highest BCUT2D eigenvalue weighted by molar-refractivity contribution is 6.06. The van der Waals surface area contributed by atoms with Gasteiger partial charge in [0.15, 0.2) is 5.82 Å². The molecule has 0 aliphatic heterocycles. The Hall–Kier alpha value is -7.42. The molecule has 0 atom stereocenters. The first-order valence-corrected chi connectivity index (χ1v) is 19.6. The maximum Gasteiger partial charge on any atom is 0.160 e. The maximum atomic E-state index is 5.22. The Morgan fingerprint density at radius 2 is 0.825 bits per heavy atom. The summed E-state index contributed by atoms with van der Waals surface area (Å²) >= 11 is 0. The summed E-state index contributed by atoms with van der Waals surface area (Å²) in [6.07, 6.45) is 0. The summed E-state index contributed by atoms with van der Waals surface area (Å²) in [5, 5.41) is 4.86. The lowest BCUT2D eigenvalue weighted by atomic mass is 9.66. The van der Waals surface area contributed by atoms with Crippen LogP contribution in [0.15, 0.2) is 218 Å². The third-order valence-corrected chi connectivity index (χ3v) is 11.8. The van der Waals surface area contributed by atoms with Gasteiger partial charge in [-0.25, -0.2) is 9.97 Å². The minimum absolute atomic E-state index is 0.525. The highest BCUT2D eigenvalue weighted by Gasteiger charge is 2.47. The minimum atomic E-state index is -0.525. The van der Waals surface area contributed by atoms with Crippen molar-refractivity contribution < 1.29 is 0 Å². The van der Waals surface area contributed by atoms with E-state index in [0.29, 0.717) is 5.82 Å². The molecule has 11 rings (SSSR count). The van der Waals surface area contributed by atoms with Gasteiger partial charge in [0.1, 0.15) is 0 Å². The van der Waals surface area contributed by atoms with Gasteiger partial charge in [0, 0.05) is 16.7 Å². The molecule has 9 aromatic carbocycles. The zero-order valence-electron chi connectivity index (χ0n) is 31.2. The molecule has 1 aromatic heterocycles. The Bertz CT molecular complexity index is 3000. The number of hydrogen-bond acceptors (Lipinski definition) is 2. The van der Waals surface area contributed by atoms with Crippen molar-refractivity contribution in [3.8, 4) is 56.2 Å². The van der Waals surface area contributed by atoms with E-state index in [1.165, 1.54) is 60.7 Å². The molecular formula is C55H36N2. The van der Waals surface area contributed by atoms with Crippen LogP contribution in [0.5, 0.6) is 0 Å². The van der Waals surface area contributed by atoms with E-state index in [2.05, 4.69) is 194 Å². The van der Waals surface area contributed by atoms with Crippen molar-refractivity contribution in [2.24, 2.45) is 0 Å². The Kier molecular flexibility index (Phi) is 7.75. The number of nitrogens with zero attached hydrogens (tertiary/aromatic N) is 2. The van der Waals surface area contributed by atoms with Gasteiger partial charge in [-0.15, -0.1) is 0 Å². The monoisotopic (exact) mass is 724 g/mol. The topological polar surface area (TPSA) is 25.8 Å². The van der Waals surface area contributed by atoms with Crippen LogP contribution in [0.1, 0.15) is 22.3 Å². The van der Waals surface area contributed by atoms with Crippen LogP contribution in [0.25, 0.3) is 77.7 Å². The van der Waals surface area contributed by atoms with Crippen LogP contribution in [0, 0.1) is 0 Å². The van der Waals surface area contributed by atoms with E-state index in [9.17, 15) is 0 Å². The zero-order chi connectivity index (χ0) is 37.8. The van der Waals surface area contributed by atoms with Crippen LogP contribution >= 0.6 is 0 Å². The molecule has 57 heavy (non-hydrogen) atoms. The number of aromatic nitrogens is 2. The van der Waals surface area contributed by atoms with Gasteiger partial charge in [-0.2, -0.15) is 0 Å². The first kappa shape index (κ1) is 33.0. The molecule has 0 N–H and O–H groups in total. The van der Waals surface area contributed by atoms with E-state index >= 15 is 0 Å². The van der Waals surface area contributed by atoms with E-state index in [1.807, 2.05) is 24.3 Å². The summed E-state index contributed by atoms with van der Waals surface area (Å²) in [5.41, 5.74) is 14.5. The van der Waals surface area contributed by atoms with Crippen LogP contribution in [-0.2, 0) is 5.41 Å². The van der Waals surface area contributed by atoms with Gasteiger partial charge in [0.25, 0.3) is 0 Å². The van der Waals surface area contributed by atoms with Crippen LogP contribution in [0.4, 0.5) is 0 Å². The minimum Gasteiger partial charge on any atom is -0.228 e. The number of benzene rings is 9. The summed E-state index contributed by atoms with van der Waals surface area (Å²) in [4.78, 5) is 10.3. The lowest BCUT2D eigenvalue weighted by Gasteiger charge is -2.35. The second-order valence-corrected chi connectivity index (χ2v) is 14.9. The van der Waals surface area contributed by atoms with Crippen LogP contribution < -0.4 is 0 Å². The Balaban J connectivity index is 1.15. The molecule has 1 aliphatic rings. The quantitative estimate of drug-likeness (QED) is 0.171. The van der Waals surface area contributed by atoms with Crippen molar-refractivity contribution >= 4 is 21.5 Å². The Morgan fingerprint density at radius 3 is 1.51 bits per heavy atom. The lowest BCUT2D eigenvalue weighted by molar-refractivity contribution is 0.776. The molecule has 2 heteroatoms. The van der Waals surface area contributed by atoms with Crippen LogP contribution in [0.3, 0.4) is 0 Å². The smallest absolute Gasteiger partial charge is 0.160 e. The summed E-state index contributed by atoms with van der Waals surface area (Å²) < 4.78 is 0. The number of hydrogen-bond donors (Lipinski definition) is 0. The van der Waals surface area contributed by atoms with E-state index in [-0.39, 0.29) is 0 Å². The van der Waals surface area contributed by atoms with E-state index < -0.39 is 5.41 Å². The SMILES string of the molecule is c1ccc(-c2cc(-c3ccc(-c4ccc5c(c4)C(c4ccccc4)(c4ccccc4)c4c-5ccc5ccccc45)c4ccccc34)nc(-c3ccccc3)n2)cc1. The van der Waals surface area contributed by atoms with Crippen molar-refractivity contribution in [2.45, 2.75) is 5.41 Å². The highest BCUT2D eigenvalue weighted by Crippen LogP contribution is 2.58. The van der Waals surface area contributed by atoms with Crippen molar-refractivity contribution in [3.63, 3.8) is 0 Å². The fourth-order valence-corrected chi connectivity index (χ4v) is 9.27. The average Bonchev–Trinajstić information content (AvgIpc) is 3.60. The first-order valence-electron chi connectivity index (χ1n) is 19.6. The highest BCUT2D eigenvalue weighted by atomic mass is 14.9. The van der Waals surface area contributed by atoms with E-state index in [0.717, 1.165) is 33.5 Å². The summed E-state index contributed by atoms with van der Waals surface area (Å²) in [6, 6.07) is 78.9. The fourth-order valence-electron chi connectivity index (χ4n) is 9.27. The van der Waals surface area contributed by atoms with Crippen molar-refractivity contribution in [1.29, 1.82) is 0 Å². The average molecular weight is 725 g/mol. The third-order valence-electron chi connectivity index (χ3n) is 11.8. The van der Waals surface area contributed by atoms with E-state index in [1.54, 1.807) is 0 Å². The van der Waals surface area contributed by atoms with Crippen LogP contribution in [-0.4, -0.2) is 9.97 Å². The second-order valence-electron chi connectivity index (χ2n) is 14.9. The number of fused-ring (bicyclic) bond motifs is 6. The van der Waals surface area contributed by atoms with Gasteiger partial charge in [-0.1, -0.05) is 206 Å². The molecule has 0 bridgehead atoms. The molecule has 2 nitrogen and oxygen atoms in total. The Labute approximate surface area is 332 Å². The van der Waals surface area contributed by atoms with Crippen LogP contribution in [0.2, 0.25) is 0 Å². The molecule has 0 saturated heterocycles. The molecule has 0 spiro atoms. The first-order chi connectivity index (χ1) is 28.3. The summed E-state index contributed by atoms with van der Waals surface area (Å²) in [5.74, 6) is 0.712. The zero-order valence-corrected chi connectivity index (χ0v) is 31.2. The van der Waals surface area contributed by atoms with Gasteiger partial charge in [-0.3, -0.25) is 0 Å². The Morgan fingerprint density at radius 1 is 0.316 bits per heavy atom. The van der Waals surface area contributed by atoms with Crippen molar-refractivity contribution in [2.75, 3.05) is 0 Å². The second kappa shape index (κ2) is 13.4. The third kappa shape index (κ3) is 5.26. The molecule has 0 radical (unpaired) electrons. The molecule has 0 saturated carbocycles. The molecule has 0 amide bonds. The van der Waals surface area contributed by atoms with Crippen molar-refractivity contribution in [1.82, 2.24) is 9.97 Å². The van der Waals surface area contributed by atoms with Gasteiger partial charge in [-0.05, 0) is 78.2 Å². The molecule has 10 aromatic rings. The fraction of sp³-hybridized carbons (Fsp3) is 0.0182. The summed E-state index contributed by atoms with van der Waals surface area (Å²) in [7, 11) is 0.